The highest BCUT2D eigenvalue weighted by Gasteiger charge is 2.45. The van der Waals surface area contributed by atoms with Crippen molar-refractivity contribution in [2.24, 2.45) is 0 Å². The third kappa shape index (κ3) is 5.51. The number of rotatable bonds is 12. The predicted octanol–water partition coefficient (Wildman–Crippen LogP) is -1.98. The predicted molar refractivity (Wildman–Crippen MR) is 114 cm³/mol. The number of ether oxygens (including phenoxy) is 1. The van der Waals surface area contributed by atoms with Gasteiger partial charge in [-0.15, -0.1) is 0 Å². The van der Waals surface area contributed by atoms with Crippen LogP contribution in [0.15, 0.2) is 12.7 Å². The Kier molecular flexibility index (Phi) is 8.32. The molecular formula is C20H35N7O5+2. The highest BCUT2D eigenvalue weighted by Crippen LogP contribution is 2.33. The molecule has 0 aliphatic carbocycles. The van der Waals surface area contributed by atoms with Crippen LogP contribution in [0.4, 0.5) is 5.82 Å². The molecule has 1 fully saturated rings. The number of anilines is 1. The van der Waals surface area contributed by atoms with Gasteiger partial charge in [-0.3, -0.25) is 4.57 Å². The van der Waals surface area contributed by atoms with Crippen molar-refractivity contribution in [1.29, 1.82) is 0 Å². The molecular weight excluding hydrogens is 418 g/mol. The number of aliphatic hydroxyl groups excluding tert-OH is 2. The molecule has 178 valence electrons. The molecule has 0 amide bonds. The first-order valence-electron chi connectivity index (χ1n) is 11.2. The van der Waals surface area contributed by atoms with Crippen molar-refractivity contribution >= 4 is 23.0 Å². The molecule has 0 saturated carbocycles. The Bertz CT molecular complexity index is 894. The van der Waals surface area contributed by atoms with Crippen LogP contribution in [0.1, 0.15) is 51.7 Å². The third-order valence-electron chi connectivity index (χ3n) is 6.08. The number of nitrogens with zero attached hydrogens (tertiary/aromatic N) is 4. The lowest BCUT2D eigenvalue weighted by molar-refractivity contribution is -0.692. The van der Waals surface area contributed by atoms with E-state index in [4.69, 9.17) is 15.6 Å². The Morgan fingerprint density at radius 1 is 1.28 bits per heavy atom. The van der Waals surface area contributed by atoms with Crippen molar-refractivity contribution in [1.82, 2.24) is 19.5 Å². The van der Waals surface area contributed by atoms with Gasteiger partial charge in [0.2, 0.25) is 0 Å². The number of aliphatic carboxylic acids is 1. The lowest BCUT2D eigenvalue weighted by Gasteiger charge is -2.21. The largest absolute Gasteiger partial charge is 0.477 e. The van der Waals surface area contributed by atoms with Gasteiger partial charge in [0.1, 0.15) is 24.1 Å². The third-order valence-corrected chi connectivity index (χ3v) is 6.08. The highest BCUT2D eigenvalue weighted by atomic mass is 16.6. The van der Waals surface area contributed by atoms with Gasteiger partial charge < -0.3 is 36.8 Å². The fraction of sp³-hybridized carbons (Fsp3) is 0.700. The number of unbranched alkanes of at least 4 members (excludes halogenated alkanes) is 2. The van der Waals surface area contributed by atoms with E-state index >= 15 is 0 Å². The molecule has 0 radical (unpaired) electrons. The fourth-order valence-electron chi connectivity index (χ4n) is 4.13. The molecule has 0 spiro atoms. The second kappa shape index (κ2) is 11.0. The van der Waals surface area contributed by atoms with Crippen LogP contribution in [0.2, 0.25) is 0 Å². The minimum atomic E-state index is -1.17. The highest BCUT2D eigenvalue weighted by molar-refractivity contribution is 5.81. The van der Waals surface area contributed by atoms with Gasteiger partial charge in [-0.25, -0.2) is 19.7 Å². The normalized spacial score (nSPS) is 25.2. The number of hydrogen-bond donors (Lipinski definition) is 6. The second-order valence-electron chi connectivity index (χ2n) is 8.47. The first-order valence-corrected chi connectivity index (χ1v) is 11.2. The van der Waals surface area contributed by atoms with E-state index in [1.165, 1.54) is 12.7 Å². The van der Waals surface area contributed by atoms with Crippen LogP contribution in [0.5, 0.6) is 0 Å². The smallest absolute Gasteiger partial charge is 0.362 e. The fourth-order valence-corrected chi connectivity index (χ4v) is 4.13. The molecule has 12 nitrogen and oxygen atoms in total. The summed E-state index contributed by atoms with van der Waals surface area (Å²) in [6, 6.07) is -0.643. The van der Waals surface area contributed by atoms with Gasteiger partial charge in [0.05, 0.1) is 25.0 Å². The van der Waals surface area contributed by atoms with Crippen LogP contribution < -0.4 is 16.8 Å². The van der Waals surface area contributed by atoms with Gasteiger partial charge in [-0.2, -0.15) is 0 Å². The summed E-state index contributed by atoms with van der Waals surface area (Å²) in [5, 5.41) is 32.7. The Balaban J connectivity index is 1.69. The number of quaternary nitrogens is 2. The van der Waals surface area contributed by atoms with Crippen LogP contribution in [-0.2, 0) is 9.53 Å². The number of nitrogen functional groups attached to an aromatic ring is 1. The molecule has 0 bridgehead atoms. The van der Waals surface area contributed by atoms with Gasteiger partial charge in [0, 0.05) is 19.3 Å². The molecule has 2 aromatic rings. The lowest BCUT2D eigenvalue weighted by atomic mass is 9.97. The number of hydrogen-bond acceptors (Lipinski definition) is 8. The van der Waals surface area contributed by atoms with Crippen molar-refractivity contribution in [2.45, 2.75) is 82.1 Å². The topological polar surface area (TPSA) is 201 Å². The number of imidazole rings is 1. The van der Waals surface area contributed by atoms with Crippen molar-refractivity contribution < 1.29 is 35.9 Å². The van der Waals surface area contributed by atoms with Crippen LogP contribution >= 0.6 is 0 Å². The molecule has 12 heteroatoms. The molecule has 10 N–H and O–H groups in total. The summed E-state index contributed by atoms with van der Waals surface area (Å²) >= 11 is 0. The number of nitrogens with two attached hydrogens (primary N) is 2. The number of carboxylic acids is 1. The first kappa shape index (κ1) is 24.3. The number of aromatic nitrogens is 4. The maximum atomic E-state index is 11.2. The van der Waals surface area contributed by atoms with Gasteiger partial charge in [-0.1, -0.05) is 13.3 Å². The SMILES string of the molecule is CCCCC[NH2+][C@@H](CC[C@H]([NH3+])C(=O)O)C[C@H]1O[C@@H](n2cnc3c(N)ncnc32)[C@H](O)[C@@H]1O. The molecule has 6 atom stereocenters. The van der Waals surface area contributed by atoms with E-state index in [9.17, 15) is 15.0 Å². The summed E-state index contributed by atoms with van der Waals surface area (Å²) in [5.74, 6) is -0.697. The van der Waals surface area contributed by atoms with Crippen molar-refractivity contribution in [3.8, 4) is 0 Å². The second-order valence-corrected chi connectivity index (χ2v) is 8.47. The van der Waals surface area contributed by atoms with Gasteiger partial charge in [-0.05, 0) is 12.8 Å². The van der Waals surface area contributed by atoms with E-state index in [1.54, 1.807) is 4.57 Å². The molecule has 3 rings (SSSR count). The quantitative estimate of drug-likeness (QED) is 0.197. The number of carbonyl (C=O) groups is 1. The molecule has 1 aliphatic rings. The van der Waals surface area contributed by atoms with Crippen LogP contribution in [-0.4, -0.2) is 77.7 Å². The van der Waals surface area contributed by atoms with E-state index in [0.29, 0.717) is 30.4 Å². The minimum Gasteiger partial charge on any atom is -0.477 e. The lowest BCUT2D eigenvalue weighted by Crippen LogP contribution is -2.90. The summed E-state index contributed by atoms with van der Waals surface area (Å²) in [6.07, 6.45) is 3.84. The summed E-state index contributed by atoms with van der Waals surface area (Å²) in [7, 11) is 0. The maximum absolute atomic E-state index is 11.2. The molecule has 1 aliphatic heterocycles. The summed E-state index contributed by atoms with van der Waals surface area (Å²) < 4.78 is 7.61. The van der Waals surface area contributed by atoms with Crippen molar-refractivity contribution in [3.63, 3.8) is 0 Å². The Labute approximate surface area is 186 Å². The maximum Gasteiger partial charge on any atom is 0.362 e. The van der Waals surface area contributed by atoms with E-state index in [-0.39, 0.29) is 11.9 Å². The van der Waals surface area contributed by atoms with Crippen LogP contribution in [0.25, 0.3) is 11.2 Å². The van der Waals surface area contributed by atoms with Gasteiger partial charge in [0.15, 0.2) is 23.7 Å². The van der Waals surface area contributed by atoms with Crippen LogP contribution in [0, 0.1) is 0 Å². The van der Waals surface area contributed by atoms with Crippen LogP contribution in [0.3, 0.4) is 0 Å². The monoisotopic (exact) mass is 453 g/mol. The average Bonchev–Trinajstić information content (AvgIpc) is 3.31. The first-order chi connectivity index (χ1) is 15.3. The zero-order valence-electron chi connectivity index (χ0n) is 18.4. The average molecular weight is 454 g/mol. The molecule has 1 saturated heterocycles. The van der Waals surface area contributed by atoms with E-state index in [1.807, 2.05) is 0 Å². The number of carboxylic acid groups (broad SMARTS) is 1. The standard InChI is InChI=1S/C20H33N7O5/c1-2-3-4-7-23-11(5-6-12(21)20(30)31)8-13-15(28)16(29)19(32-13)27-10-26-14-17(22)24-9-25-18(14)27/h9-13,15-16,19,23,28-29H,2-8,21H2,1H3,(H,30,31)(H2,22,24,25)/p+2/t11-,12-,13+,15+,16+,19+/m0/s1. The number of aliphatic hydroxyl groups is 2. The zero-order chi connectivity index (χ0) is 23.3. The minimum absolute atomic E-state index is 0.0403. The molecule has 0 aromatic carbocycles. The summed E-state index contributed by atoms with van der Waals surface area (Å²) in [5.41, 5.74) is 10.3. The Morgan fingerprint density at radius 2 is 2.06 bits per heavy atom. The van der Waals surface area contributed by atoms with Gasteiger partial charge in [0.25, 0.3) is 0 Å². The zero-order valence-corrected chi connectivity index (χ0v) is 18.4. The van der Waals surface area contributed by atoms with E-state index < -0.39 is 36.6 Å². The van der Waals surface area contributed by atoms with Crippen molar-refractivity contribution in [2.75, 3.05) is 12.3 Å². The molecule has 2 aromatic heterocycles. The van der Waals surface area contributed by atoms with E-state index in [2.05, 4.69) is 32.9 Å². The van der Waals surface area contributed by atoms with Crippen molar-refractivity contribution in [3.05, 3.63) is 12.7 Å². The molecule has 0 unspecified atom stereocenters. The van der Waals surface area contributed by atoms with E-state index in [0.717, 1.165) is 25.8 Å². The van der Waals surface area contributed by atoms with Gasteiger partial charge >= 0.3 is 5.97 Å². The number of fused-ring (bicyclic) bond motifs is 1. The summed E-state index contributed by atoms with van der Waals surface area (Å²) in [6.45, 7) is 3.05. The Morgan fingerprint density at radius 3 is 2.78 bits per heavy atom. The Hall–Kier alpha value is -2.38. The molecule has 32 heavy (non-hydrogen) atoms. The molecule has 3 heterocycles. The summed E-state index contributed by atoms with van der Waals surface area (Å²) in [4.78, 5) is 23.5.